The van der Waals surface area contributed by atoms with Crippen molar-refractivity contribution in [1.29, 1.82) is 0 Å². The lowest BCUT2D eigenvalue weighted by atomic mass is 10.1. The first kappa shape index (κ1) is 19.8. The van der Waals surface area contributed by atoms with E-state index in [-0.39, 0.29) is 11.9 Å². The number of nitrogens with zero attached hydrogens (tertiary/aromatic N) is 5. The summed E-state index contributed by atoms with van der Waals surface area (Å²) < 4.78 is 6.79. The van der Waals surface area contributed by atoms with Crippen LogP contribution in [0.2, 0.25) is 0 Å². The fourth-order valence-corrected chi connectivity index (χ4v) is 3.60. The monoisotopic (exact) mass is 420 g/mol. The lowest BCUT2D eigenvalue weighted by Crippen LogP contribution is -2.26. The minimum absolute atomic E-state index is 0.119. The van der Waals surface area contributed by atoms with Crippen LogP contribution in [0.1, 0.15) is 40.6 Å². The van der Waals surface area contributed by atoms with E-state index in [1.54, 1.807) is 29.7 Å². The molecule has 0 aliphatic rings. The van der Waals surface area contributed by atoms with E-state index in [4.69, 9.17) is 4.52 Å². The molecule has 1 amide bonds. The molecule has 1 unspecified atom stereocenters. The molecule has 4 aromatic rings. The highest BCUT2D eigenvalue weighted by Gasteiger charge is 2.12. The molecule has 2 aromatic carbocycles. The fourth-order valence-electron chi connectivity index (χ4n) is 2.87. The summed E-state index contributed by atoms with van der Waals surface area (Å²) in [6.07, 6.45) is 3.14. The Kier molecular flexibility index (Phi) is 5.89. The SMILES string of the molecule is Cc1noc(CSc2ccc(C(=O)NC(C)c3ccc(-n4cncn4)cc3)cc2)n1. The van der Waals surface area contributed by atoms with Gasteiger partial charge >= 0.3 is 0 Å². The van der Waals surface area contributed by atoms with Crippen LogP contribution in [0.15, 0.2) is 70.6 Å². The lowest BCUT2D eigenvalue weighted by Gasteiger charge is -2.15. The lowest BCUT2D eigenvalue weighted by molar-refractivity contribution is 0.0940. The molecule has 2 heterocycles. The number of carbonyl (C=O) groups is 1. The average molecular weight is 420 g/mol. The van der Waals surface area contributed by atoms with E-state index >= 15 is 0 Å². The molecule has 0 spiro atoms. The Morgan fingerprint density at radius 1 is 1.17 bits per heavy atom. The van der Waals surface area contributed by atoms with Crippen molar-refractivity contribution < 1.29 is 9.32 Å². The molecule has 1 N–H and O–H groups in total. The maximum absolute atomic E-state index is 12.6. The smallest absolute Gasteiger partial charge is 0.251 e. The van der Waals surface area contributed by atoms with Crippen LogP contribution in [-0.2, 0) is 5.75 Å². The molecule has 1 atom stereocenters. The molecular formula is C21H20N6O2S. The highest BCUT2D eigenvalue weighted by atomic mass is 32.2. The molecule has 152 valence electrons. The summed E-state index contributed by atoms with van der Waals surface area (Å²) >= 11 is 1.58. The number of aryl methyl sites for hydroxylation is 1. The number of hydrogen-bond donors (Lipinski definition) is 1. The Bertz CT molecular complexity index is 1110. The molecule has 0 saturated carbocycles. The number of nitrogens with one attached hydrogen (secondary N) is 1. The van der Waals surface area contributed by atoms with Gasteiger partial charge < -0.3 is 9.84 Å². The van der Waals surface area contributed by atoms with Crippen molar-refractivity contribution in [2.45, 2.75) is 30.5 Å². The summed E-state index contributed by atoms with van der Waals surface area (Å²) in [4.78, 5) is 21.8. The Balaban J connectivity index is 1.33. The molecule has 0 fully saturated rings. The summed E-state index contributed by atoms with van der Waals surface area (Å²) in [6.45, 7) is 3.75. The van der Waals surface area contributed by atoms with Gasteiger partial charge in [-0.2, -0.15) is 10.1 Å². The first-order valence-electron chi connectivity index (χ1n) is 9.36. The van der Waals surface area contributed by atoms with Gasteiger partial charge in [0.15, 0.2) is 5.82 Å². The second kappa shape index (κ2) is 8.91. The molecule has 4 rings (SSSR count). The first-order chi connectivity index (χ1) is 14.6. The van der Waals surface area contributed by atoms with Gasteiger partial charge in [0.2, 0.25) is 5.89 Å². The van der Waals surface area contributed by atoms with Crippen LogP contribution in [0.3, 0.4) is 0 Å². The number of aromatic nitrogens is 5. The molecular weight excluding hydrogens is 400 g/mol. The molecule has 0 saturated heterocycles. The number of carbonyl (C=O) groups excluding carboxylic acids is 1. The summed E-state index contributed by atoms with van der Waals surface area (Å²) in [5, 5.41) is 10.9. The Morgan fingerprint density at radius 2 is 1.93 bits per heavy atom. The normalized spacial score (nSPS) is 11.9. The third kappa shape index (κ3) is 4.74. The van der Waals surface area contributed by atoms with E-state index in [1.165, 1.54) is 6.33 Å². The summed E-state index contributed by atoms with van der Waals surface area (Å²) in [5.74, 6) is 1.68. The molecule has 9 heteroatoms. The molecule has 30 heavy (non-hydrogen) atoms. The van der Waals surface area contributed by atoms with Gasteiger partial charge in [-0.15, -0.1) is 11.8 Å². The van der Waals surface area contributed by atoms with Crippen molar-refractivity contribution in [2.75, 3.05) is 0 Å². The van der Waals surface area contributed by atoms with Gasteiger partial charge in [0.05, 0.1) is 17.5 Å². The third-order valence-electron chi connectivity index (χ3n) is 4.47. The van der Waals surface area contributed by atoms with Gasteiger partial charge in [0.1, 0.15) is 12.7 Å². The van der Waals surface area contributed by atoms with Gasteiger partial charge in [-0.1, -0.05) is 17.3 Å². The zero-order chi connectivity index (χ0) is 20.9. The Morgan fingerprint density at radius 3 is 2.57 bits per heavy atom. The highest BCUT2D eigenvalue weighted by molar-refractivity contribution is 7.98. The van der Waals surface area contributed by atoms with E-state index in [0.717, 1.165) is 16.1 Å². The minimum atomic E-state index is -0.128. The highest BCUT2D eigenvalue weighted by Crippen LogP contribution is 2.23. The minimum Gasteiger partial charge on any atom is -0.346 e. The predicted octanol–water partition coefficient (Wildman–Crippen LogP) is 3.74. The molecule has 0 bridgehead atoms. The largest absolute Gasteiger partial charge is 0.346 e. The van der Waals surface area contributed by atoms with Crippen molar-refractivity contribution in [1.82, 2.24) is 30.2 Å². The van der Waals surface area contributed by atoms with Crippen LogP contribution < -0.4 is 5.32 Å². The quantitative estimate of drug-likeness (QED) is 0.455. The predicted molar refractivity (Wildman–Crippen MR) is 112 cm³/mol. The van der Waals surface area contributed by atoms with E-state index in [1.807, 2.05) is 55.5 Å². The van der Waals surface area contributed by atoms with Gasteiger partial charge in [0, 0.05) is 10.5 Å². The van der Waals surface area contributed by atoms with Crippen molar-refractivity contribution in [2.24, 2.45) is 0 Å². The van der Waals surface area contributed by atoms with Crippen LogP contribution in [0, 0.1) is 6.92 Å². The van der Waals surface area contributed by atoms with Crippen LogP contribution in [0.4, 0.5) is 0 Å². The number of amides is 1. The summed E-state index contributed by atoms with van der Waals surface area (Å²) in [5.41, 5.74) is 2.53. The molecule has 0 radical (unpaired) electrons. The topological polar surface area (TPSA) is 98.7 Å². The first-order valence-corrected chi connectivity index (χ1v) is 10.3. The van der Waals surface area contributed by atoms with E-state index in [2.05, 4.69) is 25.5 Å². The van der Waals surface area contributed by atoms with Crippen molar-refractivity contribution in [3.05, 3.63) is 84.0 Å². The summed E-state index contributed by atoms with van der Waals surface area (Å²) in [6, 6.07) is 15.2. The Hall–Kier alpha value is -3.46. The second-order valence-electron chi connectivity index (χ2n) is 6.68. The van der Waals surface area contributed by atoms with Crippen molar-refractivity contribution in [3.8, 4) is 5.69 Å². The maximum atomic E-state index is 12.6. The molecule has 0 aliphatic carbocycles. The Labute approximate surface area is 177 Å². The average Bonchev–Trinajstić information content (AvgIpc) is 3.44. The van der Waals surface area contributed by atoms with E-state index in [9.17, 15) is 4.79 Å². The van der Waals surface area contributed by atoms with Crippen molar-refractivity contribution in [3.63, 3.8) is 0 Å². The van der Waals surface area contributed by atoms with Crippen LogP contribution in [0.5, 0.6) is 0 Å². The third-order valence-corrected chi connectivity index (χ3v) is 5.47. The zero-order valence-electron chi connectivity index (χ0n) is 16.5. The maximum Gasteiger partial charge on any atom is 0.251 e. The molecule has 2 aromatic heterocycles. The number of hydrogen-bond acceptors (Lipinski definition) is 7. The van der Waals surface area contributed by atoms with Crippen LogP contribution >= 0.6 is 11.8 Å². The molecule has 8 nitrogen and oxygen atoms in total. The fraction of sp³-hybridized carbons (Fsp3) is 0.190. The number of benzene rings is 2. The van der Waals surface area contributed by atoms with Gasteiger partial charge in [-0.05, 0) is 55.8 Å². The summed E-state index contributed by atoms with van der Waals surface area (Å²) in [7, 11) is 0. The zero-order valence-corrected chi connectivity index (χ0v) is 17.3. The molecule has 0 aliphatic heterocycles. The van der Waals surface area contributed by atoms with E-state index in [0.29, 0.717) is 23.0 Å². The van der Waals surface area contributed by atoms with Crippen LogP contribution in [0.25, 0.3) is 5.69 Å². The van der Waals surface area contributed by atoms with Crippen molar-refractivity contribution >= 4 is 17.7 Å². The number of rotatable bonds is 7. The standard InChI is InChI=1S/C21H20N6O2S/c1-14(16-3-7-18(8-4-16)27-13-22-12-23-27)24-21(28)17-5-9-19(10-6-17)30-11-20-25-15(2)26-29-20/h3-10,12-14H,11H2,1-2H3,(H,24,28). The second-order valence-corrected chi connectivity index (χ2v) is 7.72. The van der Waals surface area contributed by atoms with Crippen LogP contribution in [-0.4, -0.2) is 30.8 Å². The van der Waals surface area contributed by atoms with E-state index < -0.39 is 0 Å². The van der Waals surface area contributed by atoms with Gasteiger partial charge in [0.25, 0.3) is 5.91 Å². The van der Waals surface area contributed by atoms with Gasteiger partial charge in [-0.3, -0.25) is 4.79 Å². The van der Waals surface area contributed by atoms with Gasteiger partial charge in [-0.25, -0.2) is 9.67 Å². The number of thioether (sulfide) groups is 1.